The Morgan fingerprint density at radius 3 is 2.60 bits per heavy atom. The van der Waals surface area contributed by atoms with E-state index in [2.05, 4.69) is 32.9 Å². The van der Waals surface area contributed by atoms with Gasteiger partial charge in [0.25, 0.3) is 0 Å². The summed E-state index contributed by atoms with van der Waals surface area (Å²) < 4.78 is 34.1. The number of ether oxygens (including phenoxy) is 1. The molecule has 1 aromatic carbocycles. The molecule has 2 aromatic rings. The normalized spacial score (nSPS) is 22.9. The average Bonchev–Trinajstić information content (AvgIpc) is 3.24. The number of anilines is 1. The van der Waals surface area contributed by atoms with Crippen LogP contribution < -0.4 is 4.90 Å². The van der Waals surface area contributed by atoms with Crippen molar-refractivity contribution >= 4 is 11.4 Å². The van der Waals surface area contributed by atoms with E-state index in [4.69, 9.17) is 9.72 Å². The van der Waals surface area contributed by atoms with Gasteiger partial charge in [0.1, 0.15) is 29.4 Å². The van der Waals surface area contributed by atoms with Crippen molar-refractivity contribution in [3.8, 4) is 6.07 Å². The van der Waals surface area contributed by atoms with Gasteiger partial charge >= 0.3 is 0 Å². The maximum absolute atomic E-state index is 14.4. The number of nitriles is 1. The predicted octanol–water partition coefficient (Wildman–Crippen LogP) is 5.19. The van der Waals surface area contributed by atoms with Gasteiger partial charge < -0.3 is 14.5 Å². The molecule has 3 heterocycles. The van der Waals surface area contributed by atoms with Crippen molar-refractivity contribution in [1.82, 2.24) is 19.7 Å². The van der Waals surface area contributed by atoms with Crippen molar-refractivity contribution in [1.29, 1.82) is 5.26 Å². The zero-order valence-corrected chi connectivity index (χ0v) is 25.4. The van der Waals surface area contributed by atoms with Gasteiger partial charge in [0.15, 0.2) is 0 Å². The summed E-state index contributed by atoms with van der Waals surface area (Å²) in [4.78, 5) is 14.1. The highest BCUT2D eigenvalue weighted by Gasteiger charge is 2.37. The van der Waals surface area contributed by atoms with E-state index in [1.54, 1.807) is 12.1 Å². The van der Waals surface area contributed by atoms with Gasteiger partial charge in [-0.15, -0.1) is 0 Å². The number of rotatable bonds is 8. The standard InChI is InChI=1S/C34H42F2N6O/c1-4-31(33-32(39(2)3)15-14-29(22-37)38-33)41-16-17-42(30(24-41)23-40-18-20-43-21-19-40)34(26-9-12-28(36)13-10-26)25-6-5-7-27(35)11-8-25/h4,6,8-15,27,30,34H,5,7,16-21,23-24H2,1-3H3/b31-4+/t27?,30-,34?/m1/s1. The third-order valence-corrected chi connectivity index (χ3v) is 8.58. The van der Waals surface area contributed by atoms with Crippen molar-refractivity contribution in [3.05, 3.63) is 89.0 Å². The van der Waals surface area contributed by atoms with Crippen LogP contribution in [-0.4, -0.2) is 98.5 Å². The first-order chi connectivity index (χ1) is 20.9. The summed E-state index contributed by atoms with van der Waals surface area (Å²) in [5, 5.41) is 9.62. The van der Waals surface area contributed by atoms with Crippen molar-refractivity contribution < 1.29 is 13.5 Å². The second-order valence-corrected chi connectivity index (χ2v) is 11.6. The molecule has 0 radical (unpaired) electrons. The molecular weight excluding hydrogens is 546 g/mol. The van der Waals surface area contributed by atoms with Crippen LogP contribution >= 0.6 is 0 Å². The number of benzene rings is 1. The van der Waals surface area contributed by atoms with E-state index in [-0.39, 0.29) is 17.9 Å². The minimum absolute atomic E-state index is 0.109. The zero-order chi connectivity index (χ0) is 30.3. The number of hydrogen-bond donors (Lipinski definition) is 0. The Labute approximate surface area is 254 Å². The lowest BCUT2D eigenvalue weighted by Crippen LogP contribution is -2.58. The minimum Gasteiger partial charge on any atom is -0.379 e. The first-order valence-corrected chi connectivity index (χ1v) is 15.2. The first-order valence-electron chi connectivity index (χ1n) is 15.2. The summed E-state index contributed by atoms with van der Waals surface area (Å²) in [6, 6.07) is 12.6. The van der Waals surface area contributed by atoms with E-state index in [0.29, 0.717) is 31.7 Å². The quantitative estimate of drug-likeness (QED) is 0.421. The predicted molar refractivity (Wildman–Crippen MR) is 167 cm³/mol. The maximum atomic E-state index is 14.4. The van der Waals surface area contributed by atoms with Crippen LogP contribution in [0.4, 0.5) is 14.5 Å². The Hall–Kier alpha value is -3.58. The first kappa shape index (κ1) is 30.9. The fourth-order valence-electron chi connectivity index (χ4n) is 6.42. The SMILES string of the molecule is C/C=C(\c1nc(C#N)ccc1N(C)C)N1CCN(C(C2=CCCC(F)C=C2)c2ccc(F)cc2)[C@H](CN2CCOCC2)C1. The maximum Gasteiger partial charge on any atom is 0.141 e. The molecule has 0 saturated carbocycles. The largest absolute Gasteiger partial charge is 0.379 e. The smallest absolute Gasteiger partial charge is 0.141 e. The summed E-state index contributed by atoms with van der Waals surface area (Å²) >= 11 is 0. The Kier molecular flexibility index (Phi) is 10.2. The van der Waals surface area contributed by atoms with Crippen molar-refractivity contribution in [2.24, 2.45) is 0 Å². The molecule has 7 nitrogen and oxygen atoms in total. The average molecular weight is 589 g/mol. The molecule has 1 aromatic heterocycles. The van der Waals surface area contributed by atoms with E-state index in [0.717, 1.165) is 67.5 Å². The van der Waals surface area contributed by atoms with E-state index in [1.165, 1.54) is 12.1 Å². The lowest BCUT2D eigenvalue weighted by atomic mass is 9.93. The van der Waals surface area contributed by atoms with Crippen molar-refractivity contribution in [3.63, 3.8) is 0 Å². The Balaban J connectivity index is 1.52. The number of aromatic nitrogens is 1. The highest BCUT2D eigenvalue weighted by Crippen LogP contribution is 2.37. The number of allylic oxidation sites excluding steroid dienone is 3. The molecule has 3 atom stereocenters. The van der Waals surface area contributed by atoms with Crippen LogP contribution in [0, 0.1) is 17.1 Å². The number of nitrogens with zero attached hydrogens (tertiary/aromatic N) is 6. The second kappa shape index (κ2) is 14.3. The molecule has 5 rings (SSSR count). The van der Waals surface area contributed by atoms with Gasteiger partial charge in [-0.1, -0.05) is 36.4 Å². The van der Waals surface area contributed by atoms with Gasteiger partial charge in [-0.2, -0.15) is 5.26 Å². The third kappa shape index (κ3) is 7.32. The molecule has 228 valence electrons. The lowest BCUT2D eigenvalue weighted by Gasteiger charge is -2.48. The van der Waals surface area contributed by atoms with Crippen LogP contribution in [-0.2, 0) is 4.74 Å². The minimum atomic E-state index is -0.969. The third-order valence-electron chi connectivity index (χ3n) is 8.58. The molecule has 9 heteroatoms. The highest BCUT2D eigenvalue weighted by molar-refractivity contribution is 5.73. The van der Waals surface area contributed by atoms with Gasteiger partial charge in [-0.3, -0.25) is 9.80 Å². The molecule has 0 amide bonds. The molecule has 0 bridgehead atoms. The second-order valence-electron chi connectivity index (χ2n) is 11.6. The molecule has 1 aliphatic carbocycles. The summed E-state index contributed by atoms with van der Waals surface area (Å²) in [6.07, 6.45) is 8.00. The fourth-order valence-corrected chi connectivity index (χ4v) is 6.42. The molecule has 0 N–H and O–H groups in total. The van der Waals surface area contributed by atoms with Gasteiger partial charge in [0.2, 0.25) is 0 Å². The molecule has 2 aliphatic heterocycles. The molecule has 43 heavy (non-hydrogen) atoms. The Morgan fingerprint density at radius 2 is 1.91 bits per heavy atom. The van der Waals surface area contributed by atoms with Crippen LogP contribution in [0.5, 0.6) is 0 Å². The molecular formula is C34H42F2N6O. The Bertz CT molecular complexity index is 1380. The van der Waals surface area contributed by atoms with Crippen molar-refractivity contribution in [2.45, 2.75) is 38.0 Å². The van der Waals surface area contributed by atoms with E-state index in [9.17, 15) is 14.0 Å². The van der Waals surface area contributed by atoms with Gasteiger partial charge in [0, 0.05) is 59.4 Å². The zero-order valence-electron chi connectivity index (χ0n) is 25.4. The number of alkyl halides is 1. The monoisotopic (exact) mass is 588 g/mol. The van der Waals surface area contributed by atoms with Crippen molar-refractivity contribution in [2.75, 3.05) is 71.5 Å². The Morgan fingerprint density at radius 1 is 1.14 bits per heavy atom. The van der Waals surface area contributed by atoms with E-state index in [1.807, 2.05) is 50.2 Å². The van der Waals surface area contributed by atoms with Crippen LogP contribution in [0.25, 0.3) is 5.70 Å². The van der Waals surface area contributed by atoms with Crippen LogP contribution in [0.15, 0.2) is 66.3 Å². The molecule has 0 spiro atoms. The number of morpholine rings is 1. The number of piperazine rings is 1. The van der Waals surface area contributed by atoms with Crippen LogP contribution in [0.2, 0.25) is 0 Å². The number of hydrogen-bond acceptors (Lipinski definition) is 7. The topological polar surface area (TPSA) is 58.9 Å². The molecule has 3 aliphatic rings. The van der Waals surface area contributed by atoms with E-state index >= 15 is 0 Å². The molecule has 2 unspecified atom stereocenters. The number of halogens is 2. The highest BCUT2D eigenvalue weighted by atomic mass is 19.1. The van der Waals surface area contributed by atoms with Gasteiger partial charge in [-0.25, -0.2) is 13.8 Å². The fraction of sp³-hybridized carbons (Fsp3) is 0.471. The summed E-state index contributed by atoms with van der Waals surface area (Å²) in [5.74, 6) is -0.270. The van der Waals surface area contributed by atoms with Gasteiger partial charge in [0.05, 0.1) is 30.6 Å². The summed E-state index contributed by atoms with van der Waals surface area (Å²) in [7, 11) is 3.98. The van der Waals surface area contributed by atoms with Crippen LogP contribution in [0.3, 0.4) is 0 Å². The molecule has 2 fully saturated rings. The summed E-state index contributed by atoms with van der Waals surface area (Å²) in [6.45, 7) is 8.23. The van der Waals surface area contributed by atoms with Gasteiger partial charge in [-0.05, 0) is 55.2 Å². The van der Waals surface area contributed by atoms with Crippen LogP contribution in [0.1, 0.15) is 42.8 Å². The summed E-state index contributed by atoms with van der Waals surface area (Å²) in [5.41, 5.74) is 5.19. The number of pyridine rings is 1. The molecule has 2 saturated heterocycles. The lowest BCUT2D eigenvalue weighted by molar-refractivity contribution is 0.00365. The van der Waals surface area contributed by atoms with E-state index < -0.39 is 6.17 Å².